The molecule has 6 heteroatoms. The summed E-state index contributed by atoms with van der Waals surface area (Å²) in [6, 6.07) is 9.34. The van der Waals surface area contributed by atoms with Gasteiger partial charge in [0.05, 0.1) is 10.4 Å². The third-order valence-electron chi connectivity index (χ3n) is 3.05. The van der Waals surface area contributed by atoms with Gasteiger partial charge >= 0.3 is 0 Å². The fourth-order valence-corrected chi connectivity index (χ4v) is 3.07. The second-order valence-electron chi connectivity index (χ2n) is 4.47. The molecule has 1 aromatic heterocycles. The molecule has 0 fully saturated rings. The lowest BCUT2D eigenvalue weighted by Gasteiger charge is -2.12. The van der Waals surface area contributed by atoms with E-state index in [-0.39, 0.29) is 6.79 Å². The Balaban J connectivity index is 1.55. The number of fused-ring (bicyclic) bond motifs is 1. The van der Waals surface area contributed by atoms with Crippen molar-refractivity contribution in [1.29, 1.82) is 0 Å². The molecule has 0 aliphatic carbocycles. The maximum Gasteiger partial charge on any atom is 0.231 e. The van der Waals surface area contributed by atoms with Gasteiger partial charge in [0.25, 0.3) is 0 Å². The average Bonchev–Trinajstić information content (AvgIpc) is 3.06. The van der Waals surface area contributed by atoms with Crippen molar-refractivity contribution in [1.82, 2.24) is 5.32 Å². The molecule has 1 aromatic carbocycles. The fourth-order valence-electron chi connectivity index (χ4n) is 2.02. The van der Waals surface area contributed by atoms with Crippen molar-refractivity contribution >= 4 is 22.9 Å². The fraction of sp³-hybridized carbons (Fsp3) is 0.286. The predicted molar refractivity (Wildman–Crippen MR) is 78.6 cm³/mol. The molecule has 2 heterocycles. The SMILES string of the molecule is OC(CNCc1ccc(Cl)s1)c1ccc2c(c1)OCO2. The topological polar surface area (TPSA) is 50.7 Å². The summed E-state index contributed by atoms with van der Waals surface area (Å²) >= 11 is 7.40. The molecule has 1 atom stereocenters. The largest absolute Gasteiger partial charge is 0.454 e. The zero-order chi connectivity index (χ0) is 13.9. The zero-order valence-electron chi connectivity index (χ0n) is 10.6. The van der Waals surface area contributed by atoms with E-state index in [9.17, 15) is 5.11 Å². The van der Waals surface area contributed by atoms with Crippen LogP contribution in [-0.2, 0) is 6.54 Å². The van der Waals surface area contributed by atoms with Crippen LogP contribution in [0.5, 0.6) is 11.5 Å². The lowest BCUT2D eigenvalue weighted by molar-refractivity contribution is 0.170. The number of hydrogen-bond acceptors (Lipinski definition) is 5. The van der Waals surface area contributed by atoms with Crippen molar-refractivity contribution in [3.8, 4) is 11.5 Å². The molecule has 1 unspecified atom stereocenters. The van der Waals surface area contributed by atoms with E-state index >= 15 is 0 Å². The van der Waals surface area contributed by atoms with Crippen molar-refractivity contribution in [3.63, 3.8) is 0 Å². The molecule has 2 aromatic rings. The van der Waals surface area contributed by atoms with Crippen LogP contribution in [0.25, 0.3) is 0 Å². The van der Waals surface area contributed by atoms with Crippen LogP contribution in [0, 0.1) is 0 Å². The Morgan fingerprint density at radius 3 is 2.90 bits per heavy atom. The first-order valence-electron chi connectivity index (χ1n) is 6.25. The summed E-state index contributed by atoms with van der Waals surface area (Å²) < 4.78 is 11.3. The van der Waals surface area contributed by atoms with Gasteiger partial charge in [-0.2, -0.15) is 0 Å². The monoisotopic (exact) mass is 311 g/mol. The van der Waals surface area contributed by atoms with Crippen molar-refractivity contribution < 1.29 is 14.6 Å². The van der Waals surface area contributed by atoms with Crippen molar-refractivity contribution in [2.45, 2.75) is 12.6 Å². The van der Waals surface area contributed by atoms with Gasteiger partial charge in [0, 0.05) is 18.0 Å². The molecule has 0 saturated heterocycles. The van der Waals surface area contributed by atoms with Gasteiger partial charge in [0.1, 0.15) is 0 Å². The van der Waals surface area contributed by atoms with Crippen LogP contribution < -0.4 is 14.8 Å². The lowest BCUT2D eigenvalue weighted by atomic mass is 10.1. The van der Waals surface area contributed by atoms with Crippen LogP contribution in [0.4, 0.5) is 0 Å². The number of aliphatic hydroxyl groups excluding tert-OH is 1. The summed E-state index contributed by atoms with van der Waals surface area (Å²) in [7, 11) is 0. The van der Waals surface area contributed by atoms with Gasteiger partial charge in [-0.3, -0.25) is 0 Å². The Morgan fingerprint density at radius 2 is 2.10 bits per heavy atom. The first kappa shape index (κ1) is 13.7. The normalized spacial score (nSPS) is 14.5. The van der Waals surface area contributed by atoms with Gasteiger partial charge in [-0.1, -0.05) is 17.7 Å². The van der Waals surface area contributed by atoms with E-state index < -0.39 is 6.10 Å². The Labute approximate surface area is 125 Å². The summed E-state index contributed by atoms with van der Waals surface area (Å²) in [5.41, 5.74) is 0.811. The summed E-state index contributed by atoms with van der Waals surface area (Å²) in [4.78, 5) is 1.15. The number of nitrogens with one attached hydrogen (secondary N) is 1. The molecule has 20 heavy (non-hydrogen) atoms. The van der Waals surface area contributed by atoms with Gasteiger partial charge in [-0.05, 0) is 29.8 Å². The summed E-state index contributed by atoms with van der Waals surface area (Å²) in [5.74, 6) is 1.41. The average molecular weight is 312 g/mol. The van der Waals surface area contributed by atoms with Gasteiger partial charge in [0.2, 0.25) is 6.79 Å². The molecular weight excluding hydrogens is 298 g/mol. The van der Waals surface area contributed by atoms with Crippen LogP contribution in [-0.4, -0.2) is 18.4 Å². The van der Waals surface area contributed by atoms with E-state index in [4.69, 9.17) is 21.1 Å². The highest BCUT2D eigenvalue weighted by Crippen LogP contribution is 2.34. The Kier molecular flexibility index (Phi) is 4.12. The third-order valence-corrected chi connectivity index (χ3v) is 4.28. The first-order valence-corrected chi connectivity index (χ1v) is 7.44. The van der Waals surface area contributed by atoms with Crippen LogP contribution in [0.15, 0.2) is 30.3 Å². The molecule has 0 amide bonds. The molecule has 1 aliphatic rings. The Bertz CT molecular complexity index is 602. The molecule has 3 rings (SSSR count). The minimum atomic E-state index is -0.583. The quantitative estimate of drug-likeness (QED) is 0.891. The molecule has 0 radical (unpaired) electrons. The van der Waals surface area contributed by atoms with Crippen LogP contribution in [0.1, 0.15) is 16.5 Å². The minimum absolute atomic E-state index is 0.242. The van der Waals surface area contributed by atoms with E-state index in [0.717, 1.165) is 20.5 Å². The van der Waals surface area contributed by atoms with Crippen molar-refractivity contribution in [3.05, 3.63) is 45.1 Å². The van der Waals surface area contributed by atoms with Crippen LogP contribution >= 0.6 is 22.9 Å². The van der Waals surface area contributed by atoms with Crippen molar-refractivity contribution in [2.75, 3.05) is 13.3 Å². The van der Waals surface area contributed by atoms with E-state index in [0.29, 0.717) is 18.8 Å². The van der Waals surface area contributed by atoms with Gasteiger partial charge in [0.15, 0.2) is 11.5 Å². The molecule has 0 saturated carbocycles. The molecule has 4 nitrogen and oxygen atoms in total. The number of benzene rings is 1. The number of halogens is 1. The second kappa shape index (κ2) is 6.01. The van der Waals surface area contributed by atoms with Gasteiger partial charge in [-0.15, -0.1) is 11.3 Å². The number of rotatable bonds is 5. The van der Waals surface area contributed by atoms with Crippen molar-refractivity contribution in [2.24, 2.45) is 0 Å². The minimum Gasteiger partial charge on any atom is -0.454 e. The highest BCUT2D eigenvalue weighted by molar-refractivity contribution is 7.16. The number of hydrogen-bond donors (Lipinski definition) is 2. The second-order valence-corrected chi connectivity index (χ2v) is 6.26. The smallest absolute Gasteiger partial charge is 0.231 e. The summed E-state index contributed by atoms with van der Waals surface area (Å²) in [5, 5.41) is 13.4. The first-order chi connectivity index (χ1) is 9.72. The summed E-state index contributed by atoms with van der Waals surface area (Å²) in [6.45, 7) is 1.40. The molecular formula is C14H14ClNO3S. The van der Waals surface area contributed by atoms with Crippen LogP contribution in [0.2, 0.25) is 4.34 Å². The maximum atomic E-state index is 10.2. The van der Waals surface area contributed by atoms with Crippen LogP contribution in [0.3, 0.4) is 0 Å². The van der Waals surface area contributed by atoms with E-state index in [1.165, 1.54) is 11.3 Å². The van der Waals surface area contributed by atoms with E-state index in [2.05, 4.69) is 5.32 Å². The molecule has 1 aliphatic heterocycles. The van der Waals surface area contributed by atoms with Gasteiger partial charge < -0.3 is 19.9 Å². The molecule has 2 N–H and O–H groups in total. The third kappa shape index (κ3) is 3.07. The highest BCUT2D eigenvalue weighted by atomic mass is 35.5. The van der Waals surface area contributed by atoms with E-state index in [1.54, 1.807) is 0 Å². The Hall–Kier alpha value is -1.27. The maximum absolute atomic E-state index is 10.2. The number of ether oxygens (including phenoxy) is 2. The standard InChI is InChI=1S/C14H14ClNO3S/c15-14-4-2-10(20-14)6-16-7-11(17)9-1-3-12-13(5-9)19-8-18-12/h1-5,11,16-17H,6-8H2. The predicted octanol–water partition coefficient (Wildman–Crippen LogP) is 2.95. The highest BCUT2D eigenvalue weighted by Gasteiger charge is 2.16. The zero-order valence-corrected chi connectivity index (χ0v) is 12.2. The molecule has 0 bridgehead atoms. The summed E-state index contributed by atoms with van der Waals surface area (Å²) in [6.07, 6.45) is -0.583. The molecule has 0 spiro atoms. The lowest BCUT2D eigenvalue weighted by Crippen LogP contribution is -2.20. The Morgan fingerprint density at radius 1 is 1.25 bits per heavy atom. The van der Waals surface area contributed by atoms with Gasteiger partial charge in [-0.25, -0.2) is 0 Å². The van der Waals surface area contributed by atoms with E-state index in [1.807, 2.05) is 30.3 Å². The number of aliphatic hydroxyl groups is 1. The molecule has 106 valence electrons. The number of thiophene rings is 1.